The highest BCUT2D eigenvalue weighted by molar-refractivity contribution is 5.94. The first-order valence-corrected chi connectivity index (χ1v) is 12.8. The average molecular weight is 499 g/mol. The van der Waals surface area contributed by atoms with E-state index in [2.05, 4.69) is 5.32 Å². The Kier molecular flexibility index (Phi) is 9.25. The number of hydrogen-bond donors (Lipinski definition) is 2. The van der Waals surface area contributed by atoms with Crippen molar-refractivity contribution in [3.05, 3.63) is 41.2 Å². The van der Waals surface area contributed by atoms with Gasteiger partial charge < -0.3 is 29.5 Å². The van der Waals surface area contributed by atoms with E-state index in [1.54, 1.807) is 7.05 Å². The molecule has 1 amide bonds. The van der Waals surface area contributed by atoms with Crippen LogP contribution in [0.15, 0.2) is 24.3 Å². The number of aliphatic hydroxyl groups excluding tert-OH is 1. The number of benzene rings is 1. The van der Waals surface area contributed by atoms with Crippen molar-refractivity contribution in [2.24, 2.45) is 5.92 Å². The van der Waals surface area contributed by atoms with Crippen LogP contribution in [0.1, 0.15) is 41.0 Å². The molecule has 0 saturated carbocycles. The Morgan fingerprint density at radius 1 is 1.22 bits per heavy atom. The fraction of sp³-hybridized carbons (Fsp3) is 0.593. The Labute approximate surface area is 213 Å². The van der Waals surface area contributed by atoms with Gasteiger partial charge in [0.1, 0.15) is 24.2 Å². The molecule has 1 aromatic heterocycles. The van der Waals surface area contributed by atoms with E-state index in [0.29, 0.717) is 49.6 Å². The predicted octanol–water partition coefficient (Wildman–Crippen LogP) is 2.24. The molecule has 2 aliphatic heterocycles. The summed E-state index contributed by atoms with van der Waals surface area (Å²) in [5.41, 5.74) is 2.92. The lowest BCUT2D eigenvalue weighted by Gasteiger charge is -2.31. The maximum absolute atomic E-state index is 13.7. The van der Waals surface area contributed by atoms with Gasteiger partial charge in [-0.3, -0.25) is 4.79 Å². The number of carbonyl (C=O) groups is 1. The summed E-state index contributed by atoms with van der Waals surface area (Å²) in [7, 11) is 3.64. The molecule has 36 heavy (non-hydrogen) atoms. The SMILES string of the molecule is CNCC(O)COc1cccc(-c2nc(CC3CCOC3)c(C)c(C(=O)N(C)C3CCOCC3)n2)c1. The van der Waals surface area contributed by atoms with Crippen LogP contribution < -0.4 is 10.1 Å². The Bertz CT molecular complexity index is 1020. The number of nitrogens with one attached hydrogen (secondary N) is 1. The smallest absolute Gasteiger partial charge is 0.272 e. The molecule has 2 N–H and O–H groups in total. The highest BCUT2D eigenvalue weighted by atomic mass is 16.5. The second-order valence-corrected chi connectivity index (χ2v) is 9.71. The first-order chi connectivity index (χ1) is 17.5. The minimum atomic E-state index is -0.612. The largest absolute Gasteiger partial charge is 0.491 e. The molecular formula is C27H38N4O5. The maximum atomic E-state index is 13.7. The summed E-state index contributed by atoms with van der Waals surface area (Å²) < 4.78 is 16.9. The van der Waals surface area contributed by atoms with Gasteiger partial charge in [-0.1, -0.05) is 12.1 Å². The Balaban J connectivity index is 1.64. The van der Waals surface area contributed by atoms with Crippen LogP contribution in [0.5, 0.6) is 5.75 Å². The van der Waals surface area contributed by atoms with Crippen LogP contribution in [-0.2, 0) is 15.9 Å². The van der Waals surface area contributed by atoms with Gasteiger partial charge in [-0.2, -0.15) is 0 Å². The Morgan fingerprint density at radius 2 is 2.00 bits per heavy atom. The van der Waals surface area contributed by atoms with E-state index in [0.717, 1.165) is 49.1 Å². The lowest BCUT2D eigenvalue weighted by molar-refractivity contribution is 0.0358. The van der Waals surface area contributed by atoms with Gasteiger partial charge in [0.15, 0.2) is 5.82 Å². The molecule has 0 bridgehead atoms. The normalized spacial score (nSPS) is 19.3. The second kappa shape index (κ2) is 12.6. The summed E-state index contributed by atoms with van der Waals surface area (Å²) in [5.74, 6) is 1.41. The summed E-state index contributed by atoms with van der Waals surface area (Å²) in [4.78, 5) is 25.2. The molecule has 9 heteroatoms. The molecule has 9 nitrogen and oxygen atoms in total. The van der Waals surface area contributed by atoms with Crippen molar-refractivity contribution in [2.75, 3.05) is 53.7 Å². The fourth-order valence-corrected chi connectivity index (χ4v) is 4.73. The maximum Gasteiger partial charge on any atom is 0.272 e. The number of hydrogen-bond acceptors (Lipinski definition) is 8. The zero-order valence-corrected chi connectivity index (χ0v) is 21.5. The van der Waals surface area contributed by atoms with E-state index in [1.807, 2.05) is 43.1 Å². The molecule has 0 spiro atoms. The number of nitrogens with zero attached hydrogens (tertiary/aromatic N) is 3. The van der Waals surface area contributed by atoms with E-state index < -0.39 is 6.10 Å². The van der Waals surface area contributed by atoms with Crippen molar-refractivity contribution in [1.82, 2.24) is 20.2 Å². The zero-order chi connectivity index (χ0) is 25.5. The summed E-state index contributed by atoms with van der Waals surface area (Å²) >= 11 is 0. The number of carbonyl (C=O) groups excluding carboxylic acids is 1. The highest BCUT2D eigenvalue weighted by Crippen LogP contribution is 2.27. The molecule has 0 radical (unpaired) electrons. The van der Waals surface area contributed by atoms with Gasteiger partial charge >= 0.3 is 0 Å². The molecule has 196 valence electrons. The van der Waals surface area contributed by atoms with Gasteiger partial charge in [0.2, 0.25) is 0 Å². The minimum absolute atomic E-state index is 0.0884. The third kappa shape index (κ3) is 6.59. The first kappa shape index (κ1) is 26.5. The predicted molar refractivity (Wildman–Crippen MR) is 136 cm³/mol. The molecule has 2 unspecified atom stereocenters. The van der Waals surface area contributed by atoms with Crippen molar-refractivity contribution in [3.63, 3.8) is 0 Å². The quantitative estimate of drug-likeness (QED) is 0.514. The van der Waals surface area contributed by atoms with Crippen LogP contribution in [0.25, 0.3) is 11.4 Å². The van der Waals surface area contributed by atoms with E-state index in [9.17, 15) is 9.90 Å². The number of ether oxygens (including phenoxy) is 3. The van der Waals surface area contributed by atoms with Crippen LogP contribution in [0.4, 0.5) is 0 Å². The van der Waals surface area contributed by atoms with Crippen LogP contribution in [0.3, 0.4) is 0 Å². The number of likely N-dealkylation sites (N-methyl/N-ethyl adjacent to an activating group) is 1. The van der Waals surface area contributed by atoms with E-state index >= 15 is 0 Å². The Morgan fingerprint density at radius 3 is 2.72 bits per heavy atom. The molecule has 2 aromatic rings. The van der Waals surface area contributed by atoms with Crippen molar-refractivity contribution >= 4 is 5.91 Å². The van der Waals surface area contributed by atoms with Gasteiger partial charge in [-0.05, 0) is 57.7 Å². The summed E-state index contributed by atoms with van der Waals surface area (Å²) in [6.07, 6.45) is 2.77. The van der Waals surface area contributed by atoms with Gasteiger partial charge in [-0.25, -0.2) is 9.97 Å². The molecular weight excluding hydrogens is 460 g/mol. The van der Waals surface area contributed by atoms with E-state index in [1.165, 1.54) is 0 Å². The van der Waals surface area contributed by atoms with Gasteiger partial charge in [0, 0.05) is 62.9 Å². The molecule has 2 atom stereocenters. The molecule has 4 rings (SSSR count). The van der Waals surface area contributed by atoms with Gasteiger partial charge in [0.05, 0.1) is 0 Å². The van der Waals surface area contributed by atoms with Gasteiger partial charge in [-0.15, -0.1) is 0 Å². The summed E-state index contributed by atoms with van der Waals surface area (Å²) in [6.45, 7) is 5.37. The summed E-state index contributed by atoms with van der Waals surface area (Å²) in [5, 5.41) is 12.9. The highest BCUT2D eigenvalue weighted by Gasteiger charge is 2.28. The number of aromatic nitrogens is 2. The molecule has 3 heterocycles. The molecule has 2 aliphatic rings. The first-order valence-electron chi connectivity index (χ1n) is 12.8. The lowest BCUT2D eigenvalue weighted by Crippen LogP contribution is -2.41. The van der Waals surface area contributed by atoms with Crippen molar-refractivity contribution in [1.29, 1.82) is 0 Å². The molecule has 0 aliphatic carbocycles. The number of rotatable bonds is 10. The molecule has 2 saturated heterocycles. The van der Waals surface area contributed by atoms with Crippen molar-refractivity contribution in [2.45, 2.75) is 44.8 Å². The number of amides is 1. The lowest BCUT2D eigenvalue weighted by atomic mass is 9.98. The third-order valence-corrected chi connectivity index (χ3v) is 6.99. The number of aliphatic hydroxyl groups is 1. The minimum Gasteiger partial charge on any atom is -0.491 e. The average Bonchev–Trinajstić information content (AvgIpc) is 3.42. The topological polar surface area (TPSA) is 106 Å². The van der Waals surface area contributed by atoms with Gasteiger partial charge in [0.25, 0.3) is 5.91 Å². The van der Waals surface area contributed by atoms with Crippen molar-refractivity contribution in [3.8, 4) is 17.1 Å². The van der Waals surface area contributed by atoms with Crippen LogP contribution in [0, 0.1) is 12.8 Å². The standard InChI is InChI=1S/C27H38N4O5/c1-18-24(13-19-7-10-35-16-19)29-26(20-5-4-6-23(14-20)36-17-22(32)15-28-2)30-25(18)27(33)31(3)21-8-11-34-12-9-21/h4-6,14,19,21-22,28,32H,7-13,15-17H2,1-3H3. The molecule has 2 fully saturated rings. The molecule has 1 aromatic carbocycles. The van der Waals surface area contributed by atoms with Crippen molar-refractivity contribution < 1.29 is 24.1 Å². The van der Waals surface area contributed by atoms with E-state index in [-0.39, 0.29) is 18.6 Å². The monoisotopic (exact) mass is 498 g/mol. The van der Waals surface area contributed by atoms with Crippen LogP contribution >= 0.6 is 0 Å². The van der Waals surface area contributed by atoms with Crippen LogP contribution in [0.2, 0.25) is 0 Å². The van der Waals surface area contributed by atoms with Crippen LogP contribution in [-0.4, -0.2) is 91.7 Å². The summed E-state index contributed by atoms with van der Waals surface area (Å²) in [6, 6.07) is 7.62. The second-order valence-electron chi connectivity index (χ2n) is 9.71. The zero-order valence-electron chi connectivity index (χ0n) is 21.5. The van der Waals surface area contributed by atoms with E-state index in [4.69, 9.17) is 24.2 Å². The Hall–Kier alpha value is -2.59. The fourth-order valence-electron chi connectivity index (χ4n) is 4.73. The third-order valence-electron chi connectivity index (χ3n) is 6.99.